The van der Waals surface area contributed by atoms with Gasteiger partial charge in [0.2, 0.25) is 5.91 Å². The second kappa shape index (κ2) is 7.60. The van der Waals surface area contributed by atoms with Gasteiger partial charge in [0.05, 0.1) is 0 Å². The van der Waals surface area contributed by atoms with Crippen LogP contribution in [0.1, 0.15) is 24.3 Å². The smallest absolute Gasteiger partial charge is 0.227 e. The molecule has 0 spiro atoms. The molecule has 0 radical (unpaired) electrons. The highest BCUT2D eigenvalue weighted by atomic mass is 16.3. The first-order valence-corrected chi connectivity index (χ1v) is 7.19. The highest BCUT2D eigenvalue weighted by Crippen LogP contribution is 2.25. The van der Waals surface area contributed by atoms with Gasteiger partial charge in [-0.3, -0.25) is 4.79 Å². The molecule has 0 saturated heterocycles. The molecule has 0 saturated carbocycles. The number of aliphatic hydroxyl groups is 1. The van der Waals surface area contributed by atoms with Crippen LogP contribution in [0.4, 0.5) is 5.69 Å². The Kier molecular flexibility index (Phi) is 5.52. The molecule has 0 aliphatic rings. The standard InChI is InChI=1S/C18H21NO2/c1-19(17-10-6-3-7-11-17)18(21)14-16(12-13-20)15-8-4-2-5-9-15/h2-11,16,20H,12-14H2,1H3. The Morgan fingerprint density at radius 3 is 2.19 bits per heavy atom. The van der Waals surface area contributed by atoms with Crippen LogP contribution in [0.3, 0.4) is 0 Å². The van der Waals surface area contributed by atoms with Gasteiger partial charge in [0.15, 0.2) is 0 Å². The van der Waals surface area contributed by atoms with Crippen LogP contribution in [0, 0.1) is 0 Å². The quantitative estimate of drug-likeness (QED) is 0.884. The Bertz CT molecular complexity index is 554. The van der Waals surface area contributed by atoms with Crippen LogP contribution < -0.4 is 4.90 Å². The van der Waals surface area contributed by atoms with Crippen LogP contribution in [-0.4, -0.2) is 24.7 Å². The SMILES string of the molecule is CN(C(=O)CC(CCO)c1ccccc1)c1ccccc1. The van der Waals surface area contributed by atoms with Crippen molar-refractivity contribution in [3.8, 4) is 0 Å². The molecular formula is C18H21NO2. The predicted octanol–water partition coefficient (Wildman–Crippen LogP) is 3.21. The number of nitrogens with zero attached hydrogens (tertiary/aromatic N) is 1. The number of carbonyl (C=O) groups excluding carboxylic acids is 1. The second-order valence-electron chi connectivity index (χ2n) is 5.11. The molecule has 0 aliphatic carbocycles. The summed E-state index contributed by atoms with van der Waals surface area (Å²) in [6, 6.07) is 19.5. The molecule has 1 amide bonds. The molecule has 3 heteroatoms. The lowest BCUT2D eigenvalue weighted by molar-refractivity contribution is -0.118. The molecule has 0 aromatic heterocycles. The van der Waals surface area contributed by atoms with Gasteiger partial charge < -0.3 is 10.0 Å². The fourth-order valence-electron chi connectivity index (χ4n) is 2.41. The van der Waals surface area contributed by atoms with Crippen LogP contribution in [0.25, 0.3) is 0 Å². The Labute approximate surface area is 125 Å². The van der Waals surface area contributed by atoms with Crippen LogP contribution in [0.2, 0.25) is 0 Å². The first-order valence-electron chi connectivity index (χ1n) is 7.19. The summed E-state index contributed by atoms with van der Waals surface area (Å²) in [7, 11) is 1.79. The molecule has 2 aromatic carbocycles. The molecule has 0 heterocycles. The largest absolute Gasteiger partial charge is 0.396 e. The zero-order valence-corrected chi connectivity index (χ0v) is 12.3. The van der Waals surface area contributed by atoms with E-state index < -0.39 is 0 Å². The third-order valence-corrected chi connectivity index (χ3v) is 3.69. The molecule has 0 aliphatic heterocycles. The molecule has 0 bridgehead atoms. The van der Waals surface area contributed by atoms with Crippen molar-refractivity contribution in [3.05, 3.63) is 66.2 Å². The van der Waals surface area contributed by atoms with Gasteiger partial charge in [0.25, 0.3) is 0 Å². The number of hydrogen-bond acceptors (Lipinski definition) is 2. The molecule has 1 unspecified atom stereocenters. The van der Waals surface area contributed by atoms with Crippen molar-refractivity contribution < 1.29 is 9.90 Å². The van der Waals surface area contributed by atoms with Gasteiger partial charge in [0.1, 0.15) is 0 Å². The van der Waals surface area contributed by atoms with Crippen LogP contribution >= 0.6 is 0 Å². The number of hydrogen-bond donors (Lipinski definition) is 1. The van der Waals surface area contributed by atoms with Gasteiger partial charge in [-0.25, -0.2) is 0 Å². The minimum absolute atomic E-state index is 0.0508. The Morgan fingerprint density at radius 2 is 1.62 bits per heavy atom. The lowest BCUT2D eigenvalue weighted by Crippen LogP contribution is -2.27. The molecule has 21 heavy (non-hydrogen) atoms. The summed E-state index contributed by atoms with van der Waals surface area (Å²) in [5, 5.41) is 9.24. The molecule has 1 atom stereocenters. The molecule has 1 N–H and O–H groups in total. The number of carbonyl (C=O) groups is 1. The number of benzene rings is 2. The monoisotopic (exact) mass is 283 g/mol. The van der Waals surface area contributed by atoms with Crippen molar-refractivity contribution in [2.75, 3.05) is 18.6 Å². The van der Waals surface area contributed by atoms with E-state index in [4.69, 9.17) is 0 Å². The minimum Gasteiger partial charge on any atom is -0.396 e. The van der Waals surface area contributed by atoms with E-state index in [-0.39, 0.29) is 18.4 Å². The zero-order valence-electron chi connectivity index (χ0n) is 12.3. The van der Waals surface area contributed by atoms with E-state index in [1.165, 1.54) is 0 Å². The van der Waals surface area contributed by atoms with Gasteiger partial charge in [-0.2, -0.15) is 0 Å². The van der Waals surface area contributed by atoms with Crippen LogP contribution in [-0.2, 0) is 4.79 Å². The van der Waals surface area contributed by atoms with Crippen molar-refractivity contribution in [2.45, 2.75) is 18.8 Å². The molecule has 2 aromatic rings. The summed E-state index contributed by atoms with van der Waals surface area (Å²) < 4.78 is 0. The molecule has 2 rings (SSSR count). The molecule has 0 fully saturated rings. The van der Waals surface area contributed by atoms with Crippen molar-refractivity contribution in [3.63, 3.8) is 0 Å². The number of amides is 1. The maximum Gasteiger partial charge on any atom is 0.227 e. The minimum atomic E-state index is 0.0508. The Morgan fingerprint density at radius 1 is 1.05 bits per heavy atom. The average Bonchev–Trinajstić information content (AvgIpc) is 2.55. The topological polar surface area (TPSA) is 40.5 Å². The molecular weight excluding hydrogens is 262 g/mol. The third kappa shape index (κ3) is 4.17. The molecule has 3 nitrogen and oxygen atoms in total. The lowest BCUT2D eigenvalue weighted by Gasteiger charge is -2.21. The summed E-state index contributed by atoms with van der Waals surface area (Å²) in [6.07, 6.45) is 0.994. The van der Waals surface area contributed by atoms with Gasteiger partial charge in [-0.05, 0) is 30.0 Å². The van der Waals surface area contributed by atoms with E-state index in [2.05, 4.69) is 0 Å². The maximum absolute atomic E-state index is 12.4. The van der Waals surface area contributed by atoms with Crippen molar-refractivity contribution in [2.24, 2.45) is 0 Å². The number of anilines is 1. The van der Waals surface area contributed by atoms with Gasteiger partial charge in [-0.15, -0.1) is 0 Å². The first kappa shape index (κ1) is 15.3. The first-order chi connectivity index (χ1) is 10.2. The summed E-state index contributed by atoms with van der Waals surface area (Å²) in [4.78, 5) is 14.1. The van der Waals surface area contributed by atoms with Crippen molar-refractivity contribution >= 4 is 11.6 Å². The van der Waals surface area contributed by atoms with Gasteiger partial charge in [0, 0.05) is 25.8 Å². The Balaban J connectivity index is 2.08. The number of para-hydroxylation sites is 1. The average molecular weight is 283 g/mol. The van der Waals surface area contributed by atoms with Crippen LogP contribution in [0.5, 0.6) is 0 Å². The highest BCUT2D eigenvalue weighted by Gasteiger charge is 2.19. The zero-order chi connectivity index (χ0) is 15.1. The highest BCUT2D eigenvalue weighted by molar-refractivity contribution is 5.93. The Hall–Kier alpha value is -2.13. The maximum atomic E-state index is 12.4. The van der Waals surface area contributed by atoms with Gasteiger partial charge in [-0.1, -0.05) is 48.5 Å². The number of rotatable bonds is 6. The van der Waals surface area contributed by atoms with Crippen molar-refractivity contribution in [1.82, 2.24) is 0 Å². The third-order valence-electron chi connectivity index (χ3n) is 3.69. The summed E-state index contributed by atoms with van der Waals surface area (Å²) in [5.41, 5.74) is 1.99. The normalized spacial score (nSPS) is 11.9. The van der Waals surface area contributed by atoms with Crippen molar-refractivity contribution in [1.29, 1.82) is 0 Å². The van der Waals surface area contributed by atoms with E-state index in [1.807, 2.05) is 60.7 Å². The van der Waals surface area contributed by atoms with Gasteiger partial charge >= 0.3 is 0 Å². The summed E-state index contributed by atoms with van der Waals surface area (Å²) in [5.74, 6) is 0.110. The fraction of sp³-hybridized carbons (Fsp3) is 0.278. The van der Waals surface area contributed by atoms with E-state index in [0.29, 0.717) is 12.8 Å². The summed E-state index contributed by atoms with van der Waals surface area (Å²) in [6.45, 7) is 0.0852. The van der Waals surface area contributed by atoms with Crippen LogP contribution in [0.15, 0.2) is 60.7 Å². The number of aliphatic hydroxyl groups excluding tert-OH is 1. The second-order valence-corrected chi connectivity index (χ2v) is 5.11. The lowest BCUT2D eigenvalue weighted by atomic mass is 9.92. The van der Waals surface area contributed by atoms with E-state index >= 15 is 0 Å². The predicted molar refractivity (Wildman–Crippen MR) is 85.4 cm³/mol. The van der Waals surface area contributed by atoms with E-state index in [1.54, 1.807) is 11.9 Å². The molecule has 110 valence electrons. The summed E-state index contributed by atoms with van der Waals surface area (Å²) >= 11 is 0. The van der Waals surface area contributed by atoms with E-state index in [0.717, 1.165) is 11.3 Å². The van der Waals surface area contributed by atoms with E-state index in [9.17, 15) is 9.90 Å². The fourth-order valence-corrected chi connectivity index (χ4v) is 2.41.